The number of rotatable bonds is 5. The smallest absolute Gasteiger partial charge is 0.171 e. The molecule has 0 spiro atoms. The number of benzene rings is 1. The van der Waals surface area contributed by atoms with E-state index in [-0.39, 0.29) is 12.2 Å². The van der Waals surface area contributed by atoms with Gasteiger partial charge in [-0.3, -0.25) is 4.79 Å². The number of hydrogen-bond acceptors (Lipinski definition) is 3. The summed E-state index contributed by atoms with van der Waals surface area (Å²) in [6.45, 7) is 6.85. The van der Waals surface area contributed by atoms with Crippen LogP contribution in [0, 0.1) is 12.8 Å². The van der Waals surface area contributed by atoms with Gasteiger partial charge in [-0.1, -0.05) is 37.6 Å². The minimum absolute atomic E-state index is 0.0308. The molecule has 0 unspecified atom stereocenters. The van der Waals surface area contributed by atoms with Crippen molar-refractivity contribution in [3.63, 3.8) is 0 Å². The molecule has 0 aliphatic carbocycles. The van der Waals surface area contributed by atoms with E-state index in [9.17, 15) is 4.79 Å². The van der Waals surface area contributed by atoms with Gasteiger partial charge >= 0.3 is 0 Å². The van der Waals surface area contributed by atoms with Gasteiger partial charge in [0.25, 0.3) is 0 Å². The van der Waals surface area contributed by atoms with Gasteiger partial charge in [0.1, 0.15) is 12.2 Å². The summed E-state index contributed by atoms with van der Waals surface area (Å²) in [5.41, 5.74) is 1.45. The van der Waals surface area contributed by atoms with E-state index in [2.05, 4.69) is 23.9 Å². The molecule has 2 rings (SSSR count). The van der Waals surface area contributed by atoms with Gasteiger partial charge in [0.2, 0.25) is 0 Å². The fraction of sp³-hybridized carbons (Fsp3) is 0.400. The first-order valence-corrected chi connectivity index (χ1v) is 7.01. The van der Waals surface area contributed by atoms with Crippen LogP contribution >= 0.6 is 11.6 Å². The maximum absolute atomic E-state index is 12.4. The number of ketones is 1. The molecule has 0 radical (unpaired) electrons. The molecule has 0 N–H and O–H groups in total. The van der Waals surface area contributed by atoms with Crippen LogP contribution in [0.25, 0.3) is 0 Å². The van der Waals surface area contributed by atoms with E-state index in [4.69, 9.17) is 11.6 Å². The molecule has 106 valence electrons. The summed E-state index contributed by atoms with van der Waals surface area (Å²) in [6, 6.07) is 5.48. The van der Waals surface area contributed by atoms with Crippen molar-refractivity contribution < 1.29 is 4.79 Å². The van der Waals surface area contributed by atoms with Crippen molar-refractivity contribution in [2.24, 2.45) is 5.92 Å². The lowest BCUT2D eigenvalue weighted by atomic mass is 10.1. The molecular formula is C15H18ClN3O. The van der Waals surface area contributed by atoms with Gasteiger partial charge in [-0.15, -0.1) is 0 Å². The lowest BCUT2D eigenvalue weighted by Gasteiger charge is -2.09. The Bertz CT molecular complexity index is 619. The lowest BCUT2D eigenvalue weighted by molar-refractivity contribution is 0.0989. The predicted octanol–water partition coefficient (Wildman–Crippen LogP) is 3.32. The lowest BCUT2D eigenvalue weighted by Crippen LogP contribution is -2.14. The average Bonchev–Trinajstić information content (AvgIpc) is 2.79. The third-order valence-corrected chi connectivity index (χ3v) is 3.55. The molecule has 0 saturated carbocycles. The van der Waals surface area contributed by atoms with Crippen LogP contribution in [0.3, 0.4) is 0 Å². The highest BCUT2D eigenvalue weighted by Crippen LogP contribution is 2.21. The molecule has 2 aromatic rings. The van der Waals surface area contributed by atoms with Crippen molar-refractivity contribution >= 4 is 17.4 Å². The molecule has 20 heavy (non-hydrogen) atoms. The average molecular weight is 292 g/mol. The number of halogens is 1. The number of Topliss-reactive ketones (excluding diaryl/α,β-unsaturated/α-hetero) is 1. The minimum Gasteiger partial charge on any atom is -0.294 e. The van der Waals surface area contributed by atoms with Crippen molar-refractivity contribution in [2.45, 2.75) is 33.7 Å². The van der Waals surface area contributed by atoms with Gasteiger partial charge in [-0.05, 0) is 24.5 Å². The van der Waals surface area contributed by atoms with Crippen molar-refractivity contribution in [2.75, 3.05) is 0 Å². The zero-order chi connectivity index (χ0) is 14.7. The molecule has 1 heterocycles. The van der Waals surface area contributed by atoms with Gasteiger partial charge in [-0.25, -0.2) is 9.67 Å². The zero-order valence-corrected chi connectivity index (χ0v) is 12.7. The highest BCUT2D eigenvalue weighted by atomic mass is 35.5. The molecule has 0 atom stereocenters. The molecule has 5 heteroatoms. The number of nitrogens with zero attached hydrogens (tertiary/aromatic N) is 3. The highest BCUT2D eigenvalue weighted by Gasteiger charge is 2.16. The van der Waals surface area contributed by atoms with Crippen molar-refractivity contribution in [1.82, 2.24) is 14.8 Å². The van der Waals surface area contributed by atoms with Crippen LogP contribution in [-0.2, 0) is 13.0 Å². The number of hydrogen-bond donors (Lipinski definition) is 0. The SMILES string of the molecule is Cc1cccc(C(=O)Cc2ncnn2CC(C)C)c1Cl. The fourth-order valence-corrected chi connectivity index (χ4v) is 2.26. The van der Waals surface area contributed by atoms with Crippen LogP contribution in [0.5, 0.6) is 0 Å². The van der Waals surface area contributed by atoms with Crippen molar-refractivity contribution in [1.29, 1.82) is 0 Å². The van der Waals surface area contributed by atoms with E-state index in [0.29, 0.717) is 22.3 Å². The van der Waals surface area contributed by atoms with Crippen molar-refractivity contribution in [3.8, 4) is 0 Å². The van der Waals surface area contributed by atoms with Crippen LogP contribution in [-0.4, -0.2) is 20.5 Å². The standard InChI is InChI=1S/C15H18ClN3O/c1-10(2)8-19-14(17-9-18-19)7-13(20)12-6-4-5-11(3)15(12)16/h4-6,9-10H,7-8H2,1-3H3. The Kier molecular flexibility index (Phi) is 4.55. The predicted molar refractivity (Wildman–Crippen MR) is 79.1 cm³/mol. The molecule has 1 aromatic heterocycles. The van der Waals surface area contributed by atoms with Gasteiger partial charge in [0.15, 0.2) is 5.78 Å². The summed E-state index contributed by atoms with van der Waals surface area (Å²) in [4.78, 5) is 16.5. The Morgan fingerprint density at radius 3 is 2.85 bits per heavy atom. The second-order valence-electron chi connectivity index (χ2n) is 5.29. The molecule has 0 amide bonds. The van der Waals surface area contributed by atoms with E-state index in [0.717, 1.165) is 12.1 Å². The zero-order valence-electron chi connectivity index (χ0n) is 11.9. The molecular weight excluding hydrogens is 274 g/mol. The van der Waals surface area contributed by atoms with Crippen LogP contribution in [0.15, 0.2) is 24.5 Å². The Morgan fingerprint density at radius 2 is 2.15 bits per heavy atom. The van der Waals surface area contributed by atoms with Crippen LogP contribution in [0.1, 0.15) is 35.6 Å². The summed E-state index contributed by atoms with van der Waals surface area (Å²) in [7, 11) is 0. The minimum atomic E-state index is -0.0308. The molecule has 0 aliphatic heterocycles. The third-order valence-electron chi connectivity index (χ3n) is 3.04. The van der Waals surface area contributed by atoms with E-state index < -0.39 is 0 Å². The highest BCUT2D eigenvalue weighted by molar-refractivity contribution is 6.34. The summed E-state index contributed by atoms with van der Waals surface area (Å²) in [6.07, 6.45) is 1.71. The van der Waals surface area contributed by atoms with Crippen molar-refractivity contribution in [3.05, 3.63) is 46.5 Å². The number of carbonyl (C=O) groups is 1. The maximum atomic E-state index is 12.4. The summed E-state index contributed by atoms with van der Waals surface area (Å²) in [5.74, 6) is 1.10. The van der Waals surface area contributed by atoms with Crippen LogP contribution in [0.4, 0.5) is 0 Å². The van der Waals surface area contributed by atoms with Crippen LogP contribution in [0.2, 0.25) is 5.02 Å². The summed E-state index contributed by atoms with van der Waals surface area (Å²) >= 11 is 6.19. The Balaban J connectivity index is 2.20. The molecule has 1 aromatic carbocycles. The fourth-order valence-electron chi connectivity index (χ4n) is 2.02. The van der Waals surface area contributed by atoms with E-state index >= 15 is 0 Å². The topological polar surface area (TPSA) is 47.8 Å². The van der Waals surface area contributed by atoms with E-state index in [1.165, 1.54) is 6.33 Å². The molecule has 0 fully saturated rings. The quantitative estimate of drug-likeness (QED) is 0.794. The molecule has 4 nitrogen and oxygen atoms in total. The number of aromatic nitrogens is 3. The monoisotopic (exact) mass is 291 g/mol. The number of aryl methyl sites for hydroxylation is 1. The van der Waals surface area contributed by atoms with E-state index in [1.54, 1.807) is 10.7 Å². The van der Waals surface area contributed by atoms with Crippen LogP contribution < -0.4 is 0 Å². The van der Waals surface area contributed by atoms with Gasteiger partial charge in [-0.2, -0.15) is 5.10 Å². The van der Waals surface area contributed by atoms with Gasteiger partial charge < -0.3 is 0 Å². The number of carbonyl (C=O) groups excluding carboxylic acids is 1. The molecule has 0 aliphatic rings. The third kappa shape index (κ3) is 3.25. The van der Waals surface area contributed by atoms with E-state index in [1.807, 2.05) is 19.1 Å². The molecule has 0 saturated heterocycles. The second-order valence-corrected chi connectivity index (χ2v) is 5.67. The first-order valence-electron chi connectivity index (χ1n) is 6.64. The largest absolute Gasteiger partial charge is 0.294 e. The summed E-state index contributed by atoms with van der Waals surface area (Å²) in [5, 5.41) is 4.68. The second kappa shape index (κ2) is 6.18. The molecule has 0 bridgehead atoms. The normalized spacial score (nSPS) is 11.1. The summed E-state index contributed by atoms with van der Waals surface area (Å²) < 4.78 is 1.78. The van der Waals surface area contributed by atoms with Gasteiger partial charge in [0, 0.05) is 12.1 Å². The first-order chi connectivity index (χ1) is 9.49. The first kappa shape index (κ1) is 14.7. The van der Waals surface area contributed by atoms with Gasteiger partial charge in [0.05, 0.1) is 11.4 Å². The maximum Gasteiger partial charge on any atom is 0.171 e. The Labute approximate surface area is 123 Å². The Hall–Kier alpha value is -1.68. The Morgan fingerprint density at radius 1 is 1.40 bits per heavy atom.